The standard InChI is InChI=1S/C10H23N3O3S/c1-3-5-9(8-11)10(14)12-6-4-7-13-17(2,15)16/h9,13H,3-8,11H2,1-2H3,(H,12,14). The van der Waals surface area contributed by atoms with Crippen molar-refractivity contribution in [1.29, 1.82) is 0 Å². The van der Waals surface area contributed by atoms with E-state index in [0.29, 0.717) is 26.1 Å². The van der Waals surface area contributed by atoms with Crippen LogP contribution in [0.3, 0.4) is 0 Å². The molecule has 1 atom stereocenters. The van der Waals surface area contributed by atoms with E-state index in [9.17, 15) is 13.2 Å². The van der Waals surface area contributed by atoms with Crippen molar-refractivity contribution in [3.05, 3.63) is 0 Å². The zero-order chi connectivity index (χ0) is 13.3. The summed E-state index contributed by atoms with van der Waals surface area (Å²) in [4.78, 5) is 11.6. The molecule has 0 aliphatic rings. The van der Waals surface area contributed by atoms with Crippen LogP contribution in [0.4, 0.5) is 0 Å². The summed E-state index contributed by atoms with van der Waals surface area (Å²) in [6.07, 6.45) is 3.38. The highest BCUT2D eigenvalue weighted by Gasteiger charge is 2.14. The molecule has 0 rings (SSSR count). The Labute approximate surface area is 103 Å². The Kier molecular flexibility index (Phi) is 8.11. The summed E-state index contributed by atoms with van der Waals surface area (Å²) in [7, 11) is -3.14. The lowest BCUT2D eigenvalue weighted by Gasteiger charge is -2.13. The maximum absolute atomic E-state index is 11.6. The van der Waals surface area contributed by atoms with Gasteiger partial charge >= 0.3 is 0 Å². The summed E-state index contributed by atoms with van der Waals surface area (Å²) in [5, 5.41) is 2.75. The summed E-state index contributed by atoms with van der Waals surface area (Å²) in [6.45, 7) is 3.15. The van der Waals surface area contributed by atoms with Gasteiger partial charge in [0, 0.05) is 19.6 Å². The molecular formula is C10H23N3O3S. The van der Waals surface area contributed by atoms with Crippen molar-refractivity contribution >= 4 is 15.9 Å². The minimum Gasteiger partial charge on any atom is -0.356 e. The van der Waals surface area contributed by atoms with Crippen LogP contribution < -0.4 is 15.8 Å². The molecule has 0 aromatic rings. The Morgan fingerprint density at radius 1 is 1.35 bits per heavy atom. The first-order chi connectivity index (χ1) is 7.90. The van der Waals surface area contributed by atoms with Crippen LogP contribution in [0, 0.1) is 5.92 Å². The molecule has 0 fully saturated rings. The van der Waals surface area contributed by atoms with E-state index in [1.165, 1.54) is 0 Å². The van der Waals surface area contributed by atoms with E-state index in [1.807, 2.05) is 6.92 Å². The highest BCUT2D eigenvalue weighted by Crippen LogP contribution is 2.03. The second-order valence-electron chi connectivity index (χ2n) is 4.03. The molecule has 17 heavy (non-hydrogen) atoms. The van der Waals surface area contributed by atoms with Gasteiger partial charge < -0.3 is 11.1 Å². The number of nitrogens with two attached hydrogens (primary N) is 1. The number of carbonyl (C=O) groups excluding carboxylic acids is 1. The van der Waals surface area contributed by atoms with Gasteiger partial charge in [0.25, 0.3) is 0 Å². The molecule has 0 heterocycles. The largest absolute Gasteiger partial charge is 0.356 e. The lowest BCUT2D eigenvalue weighted by molar-refractivity contribution is -0.124. The number of hydrogen-bond donors (Lipinski definition) is 3. The molecule has 7 heteroatoms. The first kappa shape index (κ1) is 16.3. The molecule has 4 N–H and O–H groups in total. The maximum atomic E-state index is 11.6. The van der Waals surface area contributed by atoms with E-state index in [1.54, 1.807) is 0 Å². The molecule has 0 bridgehead atoms. The molecule has 0 aromatic carbocycles. The van der Waals surface area contributed by atoms with Gasteiger partial charge in [-0.25, -0.2) is 13.1 Å². The van der Waals surface area contributed by atoms with Crippen LogP contribution in [0.1, 0.15) is 26.2 Å². The van der Waals surface area contributed by atoms with Crippen molar-refractivity contribution in [2.75, 3.05) is 25.9 Å². The first-order valence-corrected chi connectivity index (χ1v) is 7.72. The quantitative estimate of drug-likeness (QED) is 0.485. The number of amides is 1. The molecule has 0 spiro atoms. The van der Waals surface area contributed by atoms with Gasteiger partial charge in [-0.2, -0.15) is 0 Å². The van der Waals surface area contributed by atoms with Gasteiger partial charge in [-0.15, -0.1) is 0 Å². The summed E-state index contributed by atoms with van der Waals surface area (Å²) in [6, 6.07) is 0. The van der Waals surface area contributed by atoms with Crippen molar-refractivity contribution in [2.45, 2.75) is 26.2 Å². The Balaban J connectivity index is 3.70. The lowest BCUT2D eigenvalue weighted by atomic mass is 10.0. The van der Waals surface area contributed by atoms with Crippen molar-refractivity contribution in [2.24, 2.45) is 11.7 Å². The van der Waals surface area contributed by atoms with E-state index in [2.05, 4.69) is 10.0 Å². The smallest absolute Gasteiger partial charge is 0.224 e. The maximum Gasteiger partial charge on any atom is 0.224 e. The molecular weight excluding hydrogens is 242 g/mol. The minimum atomic E-state index is -3.14. The van der Waals surface area contributed by atoms with Crippen LogP contribution in [0.2, 0.25) is 0 Å². The third kappa shape index (κ3) is 9.08. The summed E-state index contributed by atoms with van der Waals surface area (Å²) in [5.74, 6) is -0.184. The fourth-order valence-electron chi connectivity index (χ4n) is 1.41. The van der Waals surface area contributed by atoms with E-state index in [4.69, 9.17) is 5.73 Å². The van der Waals surface area contributed by atoms with Crippen LogP contribution in [0.25, 0.3) is 0 Å². The Bertz CT molecular complexity index is 317. The predicted molar refractivity (Wildman–Crippen MR) is 67.9 cm³/mol. The molecule has 0 radical (unpaired) electrons. The lowest BCUT2D eigenvalue weighted by Crippen LogP contribution is -2.36. The number of hydrogen-bond acceptors (Lipinski definition) is 4. The average molecular weight is 265 g/mol. The van der Waals surface area contributed by atoms with E-state index < -0.39 is 10.0 Å². The Morgan fingerprint density at radius 2 is 2.00 bits per heavy atom. The predicted octanol–water partition coefficient (Wildman–Crippen LogP) is -0.583. The van der Waals surface area contributed by atoms with Gasteiger partial charge in [-0.1, -0.05) is 13.3 Å². The highest BCUT2D eigenvalue weighted by atomic mass is 32.2. The van der Waals surface area contributed by atoms with E-state index in [-0.39, 0.29) is 11.8 Å². The van der Waals surface area contributed by atoms with Crippen LogP contribution >= 0.6 is 0 Å². The molecule has 1 amide bonds. The minimum absolute atomic E-state index is 0.0475. The van der Waals surface area contributed by atoms with Crippen molar-refractivity contribution in [3.63, 3.8) is 0 Å². The van der Waals surface area contributed by atoms with Gasteiger partial charge in [-0.3, -0.25) is 4.79 Å². The zero-order valence-corrected chi connectivity index (χ0v) is 11.3. The molecule has 1 unspecified atom stereocenters. The highest BCUT2D eigenvalue weighted by molar-refractivity contribution is 7.88. The Morgan fingerprint density at radius 3 is 2.47 bits per heavy atom. The van der Waals surface area contributed by atoms with Crippen LogP contribution in [0.5, 0.6) is 0 Å². The van der Waals surface area contributed by atoms with Gasteiger partial charge in [-0.05, 0) is 12.8 Å². The van der Waals surface area contributed by atoms with Crippen LogP contribution in [-0.4, -0.2) is 40.2 Å². The van der Waals surface area contributed by atoms with Crippen LogP contribution in [0.15, 0.2) is 0 Å². The Hall–Kier alpha value is -0.660. The average Bonchev–Trinajstić information content (AvgIpc) is 2.23. The number of rotatable bonds is 9. The van der Waals surface area contributed by atoms with Gasteiger partial charge in [0.05, 0.1) is 12.2 Å². The van der Waals surface area contributed by atoms with Gasteiger partial charge in [0.15, 0.2) is 0 Å². The summed E-state index contributed by atoms with van der Waals surface area (Å²) < 4.78 is 23.9. The molecule has 0 saturated heterocycles. The van der Waals surface area contributed by atoms with E-state index >= 15 is 0 Å². The fraction of sp³-hybridized carbons (Fsp3) is 0.900. The van der Waals surface area contributed by atoms with E-state index in [0.717, 1.165) is 19.1 Å². The number of carbonyl (C=O) groups is 1. The topological polar surface area (TPSA) is 101 Å². The molecule has 0 aliphatic heterocycles. The first-order valence-electron chi connectivity index (χ1n) is 5.83. The summed E-state index contributed by atoms with van der Waals surface area (Å²) in [5.41, 5.74) is 5.49. The normalized spacial score (nSPS) is 13.4. The third-order valence-electron chi connectivity index (χ3n) is 2.31. The van der Waals surface area contributed by atoms with Gasteiger partial charge in [0.1, 0.15) is 0 Å². The fourth-order valence-corrected chi connectivity index (χ4v) is 1.92. The zero-order valence-electron chi connectivity index (χ0n) is 10.5. The van der Waals surface area contributed by atoms with Crippen molar-refractivity contribution in [3.8, 4) is 0 Å². The molecule has 0 saturated carbocycles. The summed E-state index contributed by atoms with van der Waals surface area (Å²) >= 11 is 0. The molecule has 102 valence electrons. The SMILES string of the molecule is CCCC(CN)C(=O)NCCCNS(C)(=O)=O. The monoisotopic (exact) mass is 265 g/mol. The van der Waals surface area contributed by atoms with Crippen molar-refractivity contribution in [1.82, 2.24) is 10.0 Å². The number of sulfonamides is 1. The number of nitrogens with one attached hydrogen (secondary N) is 2. The molecule has 6 nitrogen and oxygen atoms in total. The van der Waals surface area contributed by atoms with Crippen molar-refractivity contribution < 1.29 is 13.2 Å². The third-order valence-corrected chi connectivity index (χ3v) is 3.04. The second kappa shape index (κ2) is 8.43. The van der Waals surface area contributed by atoms with Gasteiger partial charge in [0.2, 0.25) is 15.9 Å². The van der Waals surface area contributed by atoms with Crippen LogP contribution in [-0.2, 0) is 14.8 Å². The molecule has 0 aromatic heterocycles. The second-order valence-corrected chi connectivity index (χ2v) is 5.87. The molecule has 0 aliphatic carbocycles.